The molecule has 104 valence electrons. The third kappa shape index (κ3) is 4.62. The molecule has 0 spiro atoms. The first-order chi connectivity index (χ1) is 8.83. The van der Waals surface area contributed by atoms with E-state index in [9.17, 15) is 14.7 Å². The molecule has 0 aliphatic carbocycles. The van der Waals surface area contributed by atoms with E-state index in [2.05, 4.69) is 0 Å². The Labute approximate surface area is 112 Å². The standard InChI is InChI=1S/C14H19NO4/c1-11(16)19-14(2,3)15(13(17)18)10-9-12-7-5-4-6-8-12/h4-8H,9-10H2,1-3H3,(H,17,18). The molecule has 0 atom stereocenters. The molecule has 1 aromatic carbocycles. The van der Waals surface area contributed by atoms with Gasteiger partial charge >= 0.3 is 12.1 Å². The van der Waals surface area contributed by atoms with Gasteiger partial charge in [0, 0.05) is 13.5 Å². The van der Waals surface area contributed by atoms with Crippen molar-refractivity contribution in [2.75, 3.05) is 6.54 Å². The van der Waals surface area contributed by atoms with Crippen molar-refractivity contribution >= 4 is 12.1 Å². The maximum absolute atomic E-state index is 11.3. The van der Waals surface area contributed by atoms with Gasteiger partial charge in [-0.3, -0.25) is 9.69 Å². The molecule has 1 aromatic rings. The van der Waals surface area contributed by atoms with E-state index < -0.39 is 17.8 Å². The van der Waals surface area contributed by atoms with Gasteiger partial charge in [0.2, 0.25) is 0 Å². The molecule has 5 heteroatoms. The Hall–Kier alpha value is -2.04. The molecule has 0 aromatic heterocycles. The van der Waals surface area contributed by atoms with Crippen molar-refractivity contribution in [3.05, 3.63) is 35.9 Å². The first-order valence-corrected chi connectivity index (χ1v) is 6.07. The molecule has 0 radical (unpaired) electrons. The quantitative estimate of drug-likeness (QED) is 0.656. The Kier molecular flexibility index (Phi) is 4.92. The highest BCUT2D eigenvalue weighted by atomic mass is 16.6. The summed E-state index contributed by atoms with van der Waals surface area (Å²) in [6.07, 6.45) is -0.542. The Balaban J connectivity index is 2.73. The first-order valence-electron chi connectivity index (χ1n) is 6.07. The van der Waals surface area contributed by atoms with E-state index in [0.29, 0.717) is 6.42 Å². The Morgan fingerprint density at radius 3 is 2.32 bits per heavy atom. The third-order valence-corrected chi connectivity index (χ3v) is 2.74. The van der Waals surface area contributed by atoms with Gasteiger partial charge in [0.05, 0.1) is 0 Å². The minimum atomic E-state index is -1.17. The van der Waals surface area contributed by atoms with E-state index >= 15 is 0 Å². The monoisotopic (exact) mass is 265 g/mol. The van der Waals surface area contributed by atoms with E-state index in [1.807, 2.05) is 30.3 Å². The third-order valence-electron chi connectivity index (χ3n) is 2.74. The number of hydrogen-bond acceptors (Lipinski definition) is 3. The second-order valence-electron chi connectivity index (χ2n) is 4.71. The Morgan fingerprint density at radius 1 is 1.26 bits per heavy atom. The molecule has 0 saturated carbocycles. The fourth-order valence-corrected chi connectivity index (χ4v) is 1.89. The summed E-state index contributed by atoms with van der Waals surface area (Å²) in [5.41, 5.74) is -0.140. The average molecular weight is 265 g/mol. The first kappa shape index (κ1) is 15.0. The van der Waals surface area contributed by atoms with Crippen molar-refractivity contribution in [2.45, 2.75) is 32.9 Å². The smallest absolute Gasteiger partial charge is 0.410 e. The molecule has 19 heavy (non-hydrogen) atoms. The van der Waals surface area contributed by atoms with Gasteiger partial charge in [-0.15, -0.1) is 0 Å². The van der Waals surface area contributed by atoms with Gasteiger partial charge in [0.1, 0.15) is 0 Å². The fourth-order valence-electron chi connectivity index (χ4n) is 1.89. The van der Waals surface area contributed by atoms with Crippen LogP contribution in [0.1, 0.15) is 26.3 Å². The number of esters is 1. The highest BCUT2D eigenvalue weighted by Crippen LogP contribution is 2.17. The number of benzene rings is 1. The van der Waals surface area contributed by atoms with Gasteiger partial charge in [-0.1, -0.05) is 30.3 Å². The van der Waals surface area contributed by atoms with Crippen molar-refractivity contribution < 1.29 is 19.4 Å². The second-order valence-corrected chi connectivity index (χ2v) is 4.71. The molecule has 0 aliphatic rings. The molecule has 1 N–H and O–H groups in total. The number of ether oxygens (including phenoxy) is 1. The van der Waals surface area contributed by atoms with E-state index in [4.69, 9.17) is 4.74 Å². The van der Waals surface area contributed by atoms with E-state index in [1.165, 1.54) is 6.92 Å². The topological polar surface area (TPSA) is 66.8 Å². The lowest BCUT2D eigenvalue weighted by Crippen LogP contribution is -2.50. The maximum atomic E-state index is 11.3. The van der Waals surface area contributed by atoms with Crippen LogP contribution in [0.4, 0.5) is 4.79 Å². The number of rotatable bonds is 5. The average Bonchev–Trinajstić information content (AvgIpc) is 2.27. The van der Waals surface area contributed by atoms with Crippen molar-refractivity contribution in [2.24, 2.45) is 0 Å². The summed E-state index contributed by atoms with van der Waals surface area (Å²) in [6.45, 7) is 4.65. The molecule has 0 saturated heterocycles. The van der Waals surface area contributed by atoms with Gasteiger partial charge in [0.15, 0.2) is 5.72 Å². The molecule has 0 unspecified atom stereocenters. The van der Waals surface area contributed by atoms with Crippen LogP contribution >= 0.6 is 0 Å². The lowest BCUT2D eigenvalue weighted by atomic mass is 10.1. The zero-order valence-corrected chi connectivity index (χ0v) is 11.4. The zero-order valence-electron chi connectivity index (χ0n) is 11.4. The van der Waals surface area contributed by atoms with Crippen molar-refractivity contribution in [1.29, 1.82) is 0 Å². The molecular weight excluding hydrogens is 246 g/mol. The molecule has 1 rings (SSSR count). The van der Waals surface area contributed by atoms with Crippen LogP contribution in [0.15, 0.2) is 30.3 Å². The second kappa shape index (κ2) is 6.22. The highest BCUT2D eigenvalue weighted by Gasteiger charge is 2.33. The number of hydrogen-bond donors (Lipinski definition) is 1. The zero-order chi connectivity index (χ0) is 14.5. The van der Waals surface area contributed by atoms with Crippen LogP contribution in [0.2, 0.25) is 0 Å². The van der Waals surface area contributed by atoms with Gasteiger partial charge < -0.3 is 9.84 Å². The Morgan fingerprint density at radius 2 is 1.84 bits per heavy atom. The summed E-state index contributed by atoms with van der Waals surface area (Å²) < 4.78 is 5.06. The molecular formula is C14H19NO4. The molecule has 0 bridgehead atoms. The van der Waals surface area contributed by atoms with Crippen LogP contribution in [-0.2, 0) is 16.0 Å². The van der Waals surface area contributed by atoms with Gasteiger partial charge in [-0.25, -0.2) is 4.79 Å². The van der Waals surface area contributed by atoms with E-state index in [1.54, 1.807) is 13.8 Å². The number of carboxylic acid groups (broad SMARTS) is 1. The van der Waals surface area contributed by atoms with Crippen molar-refractivity contribution in [3.8, 4) is 0 Å². The number of carbonyl (C=O) groups excluding carboxylic acids is 1. The molecule has 0 heterocycles. The van der Waals surface area contributed by atoms with Gasteiger partial charge in [-0.05, 0) is 25.8 Å². The summed E-state index contributed by atoms with van der Waals surface area (Å²) in [4.78, 5) is 23.4. The van der Waals surface area contributed by atoms with Crippen LogP contribution in [0.25, 0.3) is 0 Å². The van der Waals surface area contributed by atoms with Crippen molar-refractivity contribution in [1.82, 2.24) is 4.90 Å². The van der Waals surface area contributed by atoms with Crippen LogP contribution in [0.3, 0.4) is 0 Å². The highest BCUT2D eigenvalue weighted by molar-refractivity contribution is 5.69. The van der Waals surface area contributed by atoms with Crippen molar-refractivity contribution in [3.63, 3.8) is 0 Å². The number of carbonyl (C=O) groups is 2. The summed E-state index contributed by atoms with van der Waals surface area (Å²) in [5, 5.41) is 9.23. The fraction of sp³-hybridized carbons (Fsp3) is 0.429. The van der Waals surface area contributed by atoms with Crippen LogP contribution < -0.4 is 0 Å². The molecule has 0 fully saturated rings. The summed E-state index contributed by atoms with van der Waals surface area (Å²) in [6, 6.07) is 9.56. The SMILES string of the molecule is CC(=O)OC(C)(C)N(CCc1ccccc1)C(=O)O. The van der Waals surface area contributed by atoms with Crippen LogP contribution in [-0.4, -0.2) is 34.3 Å². The van der Waals surface area contributed by atoms with E-state index in [0.717, 1.165) is 10.5 Å². The van der Waals surface area contributed by atoms with Gasteiger partial charge in [-0.2, -0.15) is 0 Å². The number of nitrogens with zero attached hydrogens (tertiary/aromatic N) is 1. The predicted molar refractivity (Wildman–Crippen MR) is 70.7 cm³/mol. The van der Waals surface area contributed by atoms with E-state index in [-0.39, 0.29) is 6.54 Å². The van der Waals surface area contributed by atoms with Crippen LogP contribution in [0, 0.1) is 0 Å². The number of amides is 1. The summed E-state index contributed by atoms with van der Waals surface area (Å²) in [5.74, 6) is -0.504. The van der Waals surface area contributed by atoms with Gasteiger partial charge in [0.25, 0.3) is 0 Å². The minimum absolute atomic E-state index is 0.264. The molecule has 1 amide bonds. The Bertz CT molecular complexity index is 442. The molecule has 5 nitrogen and oxygen atoms in total. The largest absolute Gasteiger partial charge is 0.465 e. The summed E-state index contributed by atoms with van der Waals surface area (Å²) >= 11 is 0. The molecule has 0 aliphatic heterocycles. The van der Waals surface area contributed by atoms with Crippen LogP contribution in [0.5, 0.6) is 0 Å². The lowest BCUT2D eigenvalue weighted by molar-refractivity contribution is -0.169. The normalized spacial score (nSPS) is 10.9. The lowest BCUT2D eigenvalue weighted by Gasteiger charge is -2.35. The predicted octanol–water partition coefficient (Wildman–Crippen LogP) is 2.51. The summed E-state index contributed by atoms with van der Waals surface area (Å²) in [7, 11) is 0. The maximum Gasteiger partial charge on any atom is 0.410 e. The minimum Gasteiger partial charge on any atom is -0.465 e.